The van der Waals surface area contributed by atoms with Gasteiger partial charge in [-0.05, 0) is 42.5 Å². The number of carbonyl (C=O) groups is 1. The lowest BCUT2D eigenvalue weighted by Gasteiger charge is -2.37. The van der Waals surface area contributed by atoms with Crippen molar-refractivity contribution in [3.8, 4) is 0 Å². The highest BCUT2D eigenvalue weighted by Crippen LogP contribution is 2.61. The molecule has 0 aromatic heterocycles. The van der Waals surface area contributed by atoms with Crippen LogP contribution in [-0.4, -0.2) is 18.7 Å². The lowest BCUT2D eigenvalue weighted by molar-refractivity contribution is 0.144. The van der Waals surface area contributed by atoms with E-state index in [9.17, 15) is 4.79 Å². The first kappa shape index (κ1) is 14.3. The van der Waals surface area contributed by atoms with Gasteiger partial charge in [-0.25, -0.2) is 4.79 Å². The van der Waals surface area contributed by atoms with Crippen LogP contribution >= 0.6 is 0 Å². The first-order valence-corrected chi connectivity index (χ1v) is 8.30. The lowest BCUT2D eigenvalue weighted by atomic mass is 9.71. The summed E-state index contributed by atoms with van der Waals surface area (Å²) in [6.07, 6.45) is 0.693. The first-order valence-electron chi connectivity index (χ1n) is 8.30. The third-order valence-electron chi connectivity index (χ3n) is 5.51. The number of amides is 1. The zero-order valence-corrected chi connectivity index (χ0v) is 13.5. The molecule has 2 aromatic rings. The molecule has 0 aliphatic heterocycles. The van der Waals surface area contributed by atoms with Gasteiger partial charge in [0.05, 0.1) is 6.61 Å². The standard InChI is InChI=1S/C20H21NO2/c1-3-23-19(22)21-13(2)20-12-16(14-8-4-6-10-17(14)20)15-9-5-7-11-18(15)20/h4-11,13,16H,3,12H2,1-2H3,(H,21,22). The Morgan fingerprint density at radius 2 is 1.74 bits per heavy atom. The molecule has 0 radical (unpaired) electrons. The van der Waals surface area contributed by atoms with Crippen molar-refractivity contribution in [1.82, 2.24) is 5.32 Å². The van der Waals surface area contributed by atoms with E-state index in [4.69, 9.17) is 4.74 Å². The fraction of sp³-hybridized carbons (Fsp3) is 0.350. The van der Waals surface area contributed by atoms with Crippen LogP contribution in [0.1, 0.15) is 48.4 Å². The molecule has 0 saturated heterocycles. The molecular weight excluding hydrogens is 286 g/mol. The Hall–Kier alpha value is -2.29. The predicted molar refractivity (Wildman–Crippen MR) is 89.7 cm³/mol. The van der Waals surface area contributed by atoms with Gasteiger partial charge in [-0.15, -0.1) is 0 Å². The predicted octanol–water partition coefficient (Wildman–Crippen LogP) is 3.96. The Labute approximate surface area is 136 Å². The third-order valence-corrected chi connectivity index (χ3v) is 5.51. The maximum atomic E-state index is 12.0. The molecule has 0 saturated carbocycles. The molecule has 1 N–H and O–H groups in total. The summed E-state index contributed by atoms with van der Waals surface area (Å²) in [6.45, 7) is 4.31. The van der Waals surface area contributed by atoms with Crippen LogP contribution < -0.4 is 5.32 Å². The van der Waals surface area contributed by atoms with Gasteiger partial charge in [-0.2, -0.15) is 0 Å². The van der Waals surface area contributed by atoms with Crippen LogP contribution in [0.5, 0.6) is 0 Å². The number of alkyl carbamates (subject to hydrolysis) is 1. The molecule has 1 amide bonds. The Bertz CT molecular complexity index is 720. The molecule has 23 heavy (non-hydrogen) atoms. The first-order chi connectivity index (χ1) is 11.2. The van der Waals surface area contributed by atoms with Crippen molar-refractivity contribution in [3.05, 3.63) is 70.8 Å². The van der Waals surface area contributed by atoms with Crippen molar-refractivity contribution in [2.24, 2.45) is 0 Å². The van der Waals surface area contributed by atoms with Crippen LogP contribution in [0.2, 0.25) is 0 Å². The van der Waals surface area contributed by atoms with Crippen molar-refractivity contribution < 1.29 is 9.53 Å². The SMILES string of the molecule is CCOC(=O)NC(C)C12CC(c3ccccc31)c1ccccc12. The monoisotopic (exact) mass is 307 g/mol. The minimum absolute atomic E-state index is 0.0173. The van der Waals surface area contributed by atoms with E-state index in [0.717, 1.165) is 6.42 Å². The number of hydrogen-bond donors (Lipinski definition) is 1. The second-order valence-electron chi connectivity index (χ2n) is 6.49. The van der Waals surface area contributed by atoms with Gasteiger partial charge < -0.3 is 10.1 Å². The van der Waals surface area contributed by atoms with Gasteiger partial charge >= 0.3 is 6.09 Å². The van der Waals surface area contributed by atoms with E-state index in [1.54, 1.807) is 0 Å². The molecule has 2 aliphatic carbocycles. The molecule has 1 unspecified atom stereocenters. The van der Waals surface area contributed by atoms with Crippen LogP contribution in [0.4, 0.5) is 4.79 Å². The summed E-state index contributed by atoms with van der Waals surface area (Å²) >= 11 is 0. The molecule has 118 valence electrons. The average molecular weight is 307 g/mol. The van der Waals surface area contributed by atoms with Gasteiger partial charge in [-0.1, -0.05) is 48.5 Å². The van der Waals surface area contributed by atoms with Crippen molar-refractivity contribution in [2.45, 2.75) is 37.6 Å². The van der Waals surface area contributed by atoms with Gasteiger partial charge in [0.15, 0.2) is 0 Å². The van der Waals surface area contributed by atoms with E-state index in [0.29, 0.717) is 12.5 Å². The summed E-state index contributed by atoms with van der Waals surface area (Å²) in [5.41, 5.74) is 5.37. The molecular formula is C20H21NO2. The largest absolute Gasteiger partial charge is 0.450 e. The second kappa shape index (κ2) is 5.12. The number of nitrogens with one attached hydrogen (secondary N) is 1. The summed E-state index contributed by atoms with van der Waals surface area (Å²) in [7, 11) is 0. The van der Waals surface area contributed by atoms with Gasteiger partial charge in [0.2, 0.25) is 0 Å². The van der Waals surface area contributed by atoms with Crippen molar-refractivity contribution in [1.29, 1.82) is 0 Å². The van der Waals surface area contributed by atoms with E-state index in [2.05, 4.69) is 60.8 Å². The van der Waals surface area contributed by atoms with Crippen LogP contribution in [-0.2, 0) is 10.2 Å². The van der Waals surface area contributed by atoms with Crippen molar-refractivity contribution in [2.75, 3.05) is 6.61 Å². The third kappa shape index (κ3) is 1.86. The summed E-state index contributed by atoms with van der Waals surface area (Å²) in [6, 6.07) is 17.3. The van der Waals surface area contributed by atoms with E-state index in [-0.39, 0.29) is 17.6 Å². The van der Waals surface area contributed by atoms with Gasteiger partial charge in [0.1, 0.15) is 0 Å². The van der Waals surface area contributed by atoms with E-state index in [1.165, 1.54) is 22.3 Å². The maximum absolute atomic E-state index is 12.0. The topological polar surface area (TPSA) is 38.3 Å². The molecule has 4 rings (SSSR count). The Morgan fingerprint density at radius 3 is 2.30 bits per heavy atom. The number of carbonyl (C=O) groups excluding carboxylic acids is 1. The van der Waals surface area contributed by atoms with Crippen LogP contribution in [0.15, 0.2) is 48.5 Å². The minimum atomic E-state index is -0.334. The number of hydrogen-bond acceptors (Lipinski definition) is 2. The number of ether oxygens (including phenoxy) is 1. The molecule has 0 heterocycles. The van der Waals surface area contributed by atoms with Crippen molar-refractivity contribution >= 4 is 6.09 Å². The lowest BCUT2D eigenvalue weighted by Crippen LogP contribution is -2.48. The fourth-order valence-corrected chi connectivity index (χ4v) is 4.60. The summed E-state index contributed by atoms with van der Waals surface area (Å²) < 4.78 is 5.10. The van der Waals surface area contributed by atoms with E-state index >= 15 is 0 Å². The summed E-state index contributed by atoms with van der Waals surface area (Å²) in [4.78, 5) is 12.0. The summed E-state index contributed by atoms with van der Waals surface area (Å²) in [5.74, 6) is 0.439. The highest BCUT2D eigenvalue weighted by Gasteiger charge is 2.55. The van der Waals surface area contributed by atoms with Gasteiger partial charge in [-0.3, -0.25) is 0 Å². The smallest absolute Gasteiger partial charge is 0.407 e. The normalized spacial score (nSPS) is 24.7. The van der Waals surface area contributed by atoms with Crippen LogP contribution in [0.3, 0.4) is 0 Å². The fourth-order valence-electron chi connectivity index (χ4n) is 4.60. The molecule has 0 fully saturated rings. The zero-order chi connectivity index (χ0) is 16.0. The number of benzene rings is 2. The molecule has 1 atom stereocenters. The van der Waals surface area contributed by atoms with Crippen LogP contribution in [0, 0.1) is 0 Å². The van der Waals surface area contributed by atoms with Gasteiger partial charge in [0.25, 0.3) is 0 Å². The Kier molecular flexibility index (Phi) is 3.19. The number of fused-ring (bicyclic) bond motifs is 8. The molecule has 2 aliphatic rings. The highest BCUT2D eigenvalue weighted by atomic mass is 16.5. The van der Waals surface area contributed by atoms with Crippen LogP contribution in [0.25, 0.3) is 0 Å². The Balaban J connectivity index is 1.82. The maximum Gasteiger partial charge on any atom is 0.407 e. The molecule has 3 heteroatoms. The minimum Gasteiger partial charge on any atom is -0.450 e. The zero-order valence-electron chi connectivity index (χ0n) is 13.5. The summed E-state index contributed by atoms with van der Waals surface area (Å²) in [5, 5.41) is 3.06. The number of rotatable bonds is 3. The quantitative estimate of drug-likeness (QED) is 0.932. The van der Waals surface area contributed by atoms with E-state index in [1.807, 2.05) is 6.92 Å². The second-order valence-corrected chi connectivity index (χ2v) is 6.49. The highest BCUT2D eigenvalue weighted by molar-refractivity contribution is 5.70. The molecule has 0 spiro atoms. The van der Waals surface area contributed by atoms with E-state index < -0.39 is 0 Å². The molecule has 3 nitrogen and oxygen atoms in total. The van der Waals surface area contributed by atoms with Crippen molar-refractivity contribution in [3.63, 3.8) is 0 Å². The Morgan fingerprint density at radius 1 is 1.17 bits per heavy atom. The average Bonchev–Trinajstić information content (AvgIpc) is 3.09. The molecule has 2 bridgehead atoms. The molecule has 2 aromatic carbocycles. The van der Waals surface area contributed by atoms with Gasteiger partial charge in [0, 0.05) is 17.4 Å².